The molecular weight excluding hydrogens is 446 g/mol. The van der Waals surface area contributed by atoms with Crippen LogP contribution in [-0.4, -0.2) is 25.6 Å². The maximum absolute atomic E-state index is 12.6. The number of anilines is 1. The lowest BCUT2D eigenvalue weighted by Gasteiger charge is -2.07. The molecule has 1 N–H and O–H groups in total. The third kappa shape index (κ3) is 5.78. The van der Waals surface area contributed by atoms with Gasteiger partial charge in [-0.05, 0) is 54.8 Å². The molecule has 2 aromatic carbocycles. The van der Waals surface area contributed by atoms with E-state index in [9.17, 15) is 9.59 Å². The van der Waals surface area contributed by atoms with Crippen LogP contribution in [0.3, 0.4) is 0 Å². The van der Waals surface area contributed by atoms with E-state index in [1.807, 2.05) is 50.2 Å². The third-order valence-electron chi connectivity index (χ3n) is 4.60. The lowest BCUT2D eigenvalue weighted by atomic mass is 10.0. The standard InChI is InChI=1S/C25H24ClNO4S/c1-4-14-31-20-11-8-17(9-12-20)10-13-21(28)27-24-23(25(29)30-3)22(16(2)32-24)18-6-5-7-19(26)15-18/h5-13,15H,4,14H2,1-3H3,(H,27,28)/b13-10+. The van der Waals surface area contributed by atoms with Crippen LogP contribution in [0.2, 0.25) is 5.02 Å². The Bertz CT molecular complexity index is 1140. The van der Waals surface area contributed by atoms with E-state index in [2.05, 4.69) is 5.32 Å². The minimum Gasteiger partial charge on any atom is -0.494 e. The van der Waals surface area contributed by atoms with Crippen LogP contribution in [0.1, 0.15) is 34.1 Å². The molecule has 3 rings (SSSR count). The molecule has 3 aromatic rings. The van der Waals surface area contributed by atoms with Gasteiger partial charge >= 0.3 is 5.97 Å². The monoisotopic (exact) mass is 469 g/mol. The first-order valence-corrected chi connectivity index (χ1v) is 11.3. The zero-order valence-electron chi connectivity index (χ0n) is 18.1. The van der Waals surface area contributed by atoms with Crippen LogP contribution >= 0.6 is 22.9 Å². The number of halogens is 1. The van der Waals surface area contributed by atoms with Gasteiger partial charge in [0.25, 0.3) is 0 Å². The van der Waals surface area contributed by atoms with E-state index in [0.717, 1.165) is 28.2 Å². The van der Waals surface area contributed by atoms with Crippen LogP contribution in [0.25, 0.3) is 17.2 Å². The Kier molecular flexibility index (Phi) is 8.09. The average molecular weight is 470 g/mol. The van der Waals surface area contributed by atoms with E-state index >= 15 is 0 Å². The third-order valence-corrected chi connectivity index (χ3v) is 5.86. The van der Waals surface area contributed by atoms with Crippen LogP contribution in [0.15, 0.2) is 54.6 Å². The minimum absolute atomic E-state index is 0.316. The topological polar surface area (TPSA) is 64.6 Å². The molecule has 0 atom stereocenters. The van der Waals surface area contributed by atoms with Crippen molar-refractivity contribution in [3.8, 4) is 16.9 Å². The van der Waals surface area contributed by atoms with Crippen molar-refractivity contribution in [3.05, 3.63) is 75.6 Å². The molecule has 0 aliphatic rings. The Morgan fingerprint density at radius 2 is 1.91 bits per heavy atom. The first-order valence-electron chi connectivity index (χ1n) is 10.1. The SMILES string of the molecule is CCCOc1ccc(/C=C/C(=O)Nc2sc(C)c(-c3cccc(Cl)c3)c2C(=O)OC)cc1. The summed E-state index contributed by atoms with van der Waals surface area (Å²) in [6, 6.07) is 14.7. The van der Waals surface area contributed by atoms with Gasteiger partial charge in [-0.15, -0.1) is 11.3 Å². The highest BCUT2D eigenvalue weighted by molar-refractivity contribution is 7.17. The second-order valence-corrected chi connectivity index (χ2v) is 8.64. The summed E-state index contributed by atoms with van der Waals surface area (Å²) in [6.07, 6.45) is 4.07. The molecular formula is C25H24ClNO4S. The van der Waals surface area contributed by atoms with E-state index in [-0.39, 0.29) is 5.91 Å². The fraction of sp³-hybridized carbons (Fsp3) is 0.200. The average Bonchev–Trinajstić information content (AvgIpc) is 3.11. The van der Waals surface area contributed by atoms with Crippen molar-refractivity contribution < 1.29 is 19.1 Å². The summed E-state index contributed by atoms with van der Waals surface area (Å²) < 4.78 is 10.6. The molecule has 1 amide bonds. The molecule has 1 aromatic heterocycles. The molecule has 166 valence electrons. The lowest BCUT2D eigenvalue weighted by molar-refractivity contribution is -0.111. The van der Waals surface area contributed by atoms with Crippen molar-refractivity contribution in [1.29, 1.82) is 0 Å². The summed E-state index contributed by atoms with van der Waals surface area (Å²) in [4.78, 5) is 26.0. The molecule has 0 saturated heterocycles. The predicted molar refractivity (Wildman–Crippen MR) is 131 cm³/mol. The maximum atomic E-state index is 12.6. The number of carbonyl (C=O) groups is 2. The van der Waals surface area contributed by atoms with Crippen LogP contribution < -0.4 is 10.1 Å². The van der Waals surface area contributed by atoms with E-state index < -0.39 is 5.97 Å². The number of carbonyl (C=O) groups excluding carboxylic acids is 2. The number of ether oxygens (including phenoxy) is 2. The number of nitrogens with one attached hydrogen (secondary N) is 1. The number of esters is 1. The Hall–Kier alpha value is -3.09. The predicted octanol–water partition coefficient (Wildman–Crippen LogP) is 6.60. The number of amides is 1. The molecule has 0 saturated carbocycles. The van der Waals surface area contributed by atoms with Gasteiger partial charge in [0.2, 0.25) is 5.91 Å². The Labute approximate surface area is 196 Å². The molecule has 5 nitrogen and oxygen atoms in total. The highest BCUT2D eigenvalue weighted by Gasteiger charge is 2.24. The molecule has 0 unspecified atom stereocenters. The van der Waals surface area contributed by atoms with Crippen LogP contribution in [0.4, 0.5) is 5.00 Å². The van der Waals surface area contributed by atoms with Crippen molar-refractivity contribution in [2.45, 2.75) is 20.3 Å². The van der Waals surface area contributed by atoms with Crippen molar-refractivity contribution in [2.75, 3.05) is 19.0 Å². The summed E-state index contributed by atoms with van der Waals surface area (Å²) in [7, 11) is 1.32. The molecule has 0 aliphatic carbocycles. The second kappa shape index (κ2) is 11.0. The van der Waals surface area contributed by atoms with Crippen LogP contribution in [-0.2, 0) is 9.53 Å². The van der Waals surface area contributed by atoms with E-state index in [1.54, 1.807) is 18.2 Å². The number of methoxy groups -OCH3 is 1. The molecule has 0 aliphatic heterocycles. The number of rotatable bonds is 8. The largest absolute Gasteiger partial charge is 0.494 e. The highest BCUT2D eigenvalue weighted by atomic mass is 35.5. The number of thiophene rings is 1. The van der Waals surface area contributed by atoms with E-state index in [1.165, 1.54) is 24.5 Å². The van der Waals surface area contributed by atoms with Gasteiger partial charge in [-0.3, -0.25) is 4.79 Å². The normalized spacial score (nSPS) is 10.9. The maximum Gasteiger partial charge on any atom is 0.341 e. The quantitative estimate of drug-likeness (QED) is 0.298. The van der Waals surface area contributed by atoms with Gasteiger partial charge in [0.15, 0.2) is 0 Å². The van der Waals surface area contributed by atoms with Crippen molar-refractivity contribution >= 4 is 45.9 Å². The van der Waals surface area contributed by atoms with Gasteiger partial charge in [0, 0.05) is 21.5 Å². The number of hydrogen-bond donors (Lipinski definition) is 1. The lowest BCUT2D eigenvalue weighted by Crippen LogP contribution is -2.11. The van der Waals surface area contributed by atoms with E-state index in [4.69, 9.17) is 21.1 Å². The van der Waals surface area contributed by atoms with Gasteiger partial charge in [-0.1, -0.05) is 42.8 Å². The van der Waals surface area contributed by atoms with Crippen LogP contribution in [0, 0.1) is 6.92 Å². The van der Waals surface area contributed by atoms with Crippen molar-refractivity contribution in [3.63, 3.8) is 0 Å². The van der Waals surface area contributed by atoms with Crippen LogP contribution in [0.5, 0.6) is 5.75 Å². The zero-order valence-corrected chi connectivity index (χ0v) is 19.7. The Balaban J connectivity index is 1.82. The fourth-order valence-corrected chi connectivity index (χ4v) is 4.40. The minimum atomic E-state index is -0.522. The number of hydrogen-bond acceptors (Lipinski definition) is 5. The first kappa shape index (κ1) is 23.6. The van der Waals surface area contributed by atoms with Crippen molar-refractivity contribution in [2.24, 2.45) is 0 Å². The van der Waals surface area contributed by atoms with Gasteiger partial charge in [-0.25, -0.2) is 4.79 Å². The molecule has 1 heterocycles. The van der Waals surface area contributed by atoms with Gasteiger partial charge in [0.05, 0.1) is 13.7 Å². The summed E-state index contributed by atoms with van der Waals surface area (Å²) in [5, 5.41) is 3.81. The summed E-state index contributed by atoms with van der Waals surface area (Å²) in [6.45, 7) is 4.60. The summed E-state index contributed by atoms with van der Waals surface area (Å²) >= 11 is 7.46. The summed E-state index contributed by atoms with van der Waals surface area (Å²) in [5.74, 6) is -0.0783. The number of aryl methyl sites for hydroxylation is 1. The molecule has 32 heavy (non-hydrogen) atoms. The van der Waals surface area contributed by atoms with Gasteiger partial charge in [-0.2, -0.15) is 0 Å². The Morgan fingerprint density at radius 3 is 2.56 bits per heavy atom. The smallest absolute Gasteiger partial charge is 0.341 e. The highest BCUT2D eigenvalue weighted by Crippen LogP contribution is 2.41. The van der Waals surface area contributed by atoms with Crippen molar-refractivity contribution in [1.82, 2.24) is 0 Å². The Morgan fingerprint density at radius 1 is 1.16 bits per heavy atom. The fourth-order valence-electron chi connectivity index (χ4n) is 3.14. The molecule has 0 radical (unpaired) electrons. The molecule has 0 bridgehead atoms. The van der Waals surface area contributed by atoms with Gasteiger partial charge in [0.1, 0.15) is 16.3 Å². The number of benzene rings is 2. The summed E-state index contributed by atoms with van der Waals surface area (Å²) in [5.41, 5.74) is 2.66. The second-order valence-electron chi connectivity index (χ2n) is 6.98. The zero-order chi connectivity index (χ0) is 23.1. The van der Waals surface area contributed by atoms with E-state index in [0.29, 0.717) is 27.8 Å². The van der Waals surface area contributed by atoms with Gasteiger partial charge < -0.3 is 14.8 Å². The molecule has 0 fully saturated rings. The first-order chi connectivity index (χ1) is 15.4. The molecule has 7 heteroatoms. The molecule has 0 spiro atoms.